The molecule has 0 bridgehead atoms. The maximum atomic E-state index is 5.25. The molecule has 0 aromatic carbocycles. The molecule has 0 amide bonds. The lowest BCUT2D eigenvalue weighted by molar-refractivity contribution is 0.358. The Labute approximate surface area is 99.3 Å². The summed E-state index contributed by atoms with van der Waals surface area (Å²) in [6.07, 6.45) is 3.76. The molecule has 1 aliphatic rings. The first-order valence-corrected chi connectivity index (χ1v) is 5.86. The fourth-order valence-electron chi connectivity index (χ4n) is 2.07. The molecule has 0 aliphatic carbocycles. The van der Waals surface area contributed by atoms with Crippen LogP contribution in [0, 0.1) is 5.92 Å². The maximum absolute atomic E-state index is 5.25. The van der Waals surface area contributed by atoms with Crippen molar-refractivity contribution in [2.75, 3.05) is 13.1 Å². The number of nitrogens with zero attached hydrogens (tertiary/aromatic N) is 3. The Balaban J connectivity index is 1.74. The SMILES string of the molecule is c1ccc(-c2noc(CC3CCNC3)n2)nc1. The minimum Gasteiger partial charge on any atom is -0.339 e. The van der Waals surface area contributed by atoms with Gasteiger partial charge in [-0.15, -0.1) is 0 Å². The zero-order valence-corrected chi connectivity index (χ0v) is 9.47. The van der Waals surface area contributed by atoms with E-state index in [1.807, 2.05) is 18.2 Å². The number of hydrogen-bond donors (Lipinski definition) is 1. The van der Waals surface area contributed by atoms with Gasteiger partial charge in [-0.05, 0) is 37.6 Å². The number of rotatable bonds is 3. The van der Waals surface area contributed by atoms with Gasteiger partial charge < -0.3 is 9.84 Å². The first-order chi connectivity index (χ1) is 8.42. The maximum Gasteiger partial charge on any atom is 0.227 e. The average molecular weight is 230 g/mol. The van der Waals surface area contributed by atoms with E-state index in [1.165, 1.54) is 6.42 Å². The molecule has 1 atom stereocenters. The molecular formula is C12H14N4O. The van der Waals surface area contributed by atoms with E-state index in [0.29, 0.717) is 17.6 Å². The van der Waals surface area contributed by atoms with Gasteiger partial charge in [0.05, 0.1) is 0 Å². The Morgan fingerprint density at radius 2 is 2.41 bits per heavy atom. The molecule has 3 heterocycles. The third-order valence-electron chi connectivity index (χ3n) is 2.99. The van der Waals surface area contributed by atoms with Crippen molar-refractivity contribution >= 4 is 0 Å². The van der Waals surface area contributed by atoms with Crippen molar-refractivity contribution in [1.29, 1.82) is 0 Å². The molecule has 0 radical (unpaired) electrons. The van der Waals surface area contributed by atoms with Crippen LogP contribution in [0.25, 0.3) is 11.5 Å². The van der Waals surface area contributed by atoms with Gasteiger partial charge in [-0.3, -0.25) is 4.98 Å². The number of nitrogens with one attached hydrogen (secondary N) is 1. The summed E-state index contributed by atoms with van der Waals surface area (Å²) in [4.78, 5) is 8.57. The summed E-state index contributed by atoms with van der Waals surface area (Å²) in [5.74, 6) is 1.90. The van der Waals surface area contributed by atoms with Crippen molar-refractivity contribution in [3.8, 4) is 11.5 Å². The minimum absolute atomic E-state index is 0.576. The van der Waals surface area contributed by atoms with Gasteiger partial charge in [0.1, 0.15) is 5.69 Å². The monoisotopic (exact) mass is 230 g/mol. The van der Waals surface area contributed by atoms with E-state index < -0.39 is 0 Å². The predicted octanol–water partition coefficient (Wildman–Crippen LogP) is 1.28. The van der Waals surface area contributed by atoms with Gasteiger partial charge in [-0.25, -0.2) is 0 Å². The van der Waals surface area contributed by atoms with Gasteiger partial charge in [0.25, 0.3) is 0 Å². The standard InChI is InChI=1S/C12H14N4O/c1-2-5-14-10(3-1)12-15-11(17-16-12)7-9-4-6-13-8-9/h1-3,5,9,13H,4,6-8H2. The first kappa shape index (κ1) is 10.4. The van der Waals surface area contributed by atoms with Crippen LogP contribution >= 0.6 is 0 Å². The quantitative estimate of drug-likeness (QED) is 0.860. The number of aromatic nitrogens is 3. The van der Waals surface area contributed by atoms with Crippen LogP contribution in [0.2, 0.25) is 0 Å². The molecule has 1 aliphatic heterocycles. The molecule has 17 heavy (non-hydrogen) atoms. The molecular weight excluding hydrogens is 216 g/mol. The summed E-state index contributed by atoms with van der Waals surface area (Å²) in [7, 11) is 0. The molecule has 1 saturated heterocycles. The van der Waals surface area contributed by atoms with Crippen LogP contribution in [-0.2, 0) is 6.42 Å². The molecule has 3 rings (SSSR count). The molecule has 1 N–H and O–H groups in total. The highest BCUT2D eigenvalue weighted by Gasteiger charge is 2.18. The van der Waals surface area contributed by atoms with E-state index in [4.69, 9.17) is 4.52 Å². The molecule has 5 heteroatoms. The topological polar surface area (TPSA) is 63.8 Å². The van der Waals surface area contributed by atoms with Gasteiger partial charge in [-0.1, -0.05) is 11.2 Å². The molecule has 1 unspecified atom stereocenters. The number of pyridine rings is 1. The summed E-state index contributed by atoms with van der Waals surface area (Å²) >= 11 is 0. The lowest BCUT2D eigenvalue weighted by atomic mass is 10.1. The van der Waals surface area contributed by atoms with E-state index in [2.05, 4.69) is 20.4 Å². The average Bonchev–Trinajstić information content (AvgIpc) is 3.02. The summed E-state index contributed by atoms with van der Waals surface area (Å²) < 4.78 is 5.25. The molecule has 88 valence electrons. The van der Waals surface area contributed by atoms with Gasteiger partial charge in [-0.2, -0.15) is 4.98 Å². The van der Waals surface area contributed by atoms with E-state index in [0.717, 1.165) is 25.2 Å². The summed E-state index contributed by atoms with van der Waals surface area (Å²) in [5, 5.41) is 7.29. The van der Waals surface area contributed by atoms with Crippen LogP contribution in [0.4, 0.5) is 0 Å². The van der Waals surface area contributed by atoms with E-state index in [9.17, 15) is 0 Å². The number of hydrogen-bond acceptors (Lipinski definition) is 5. The van der Waals surface area contributed by atoms with Crippen LogP contribution in [-0.4, -0.2) is 28.2 Å². The van der Waals surface area contributed by atoms with E-state index >= 15 is 0 Å². The molecule has 2 aromatic heterocycles. The second-order valence-corrected chi connectivity index (χ2v) is 4.29. The fraction of sp³-hybridized carbons (Fsp3) is 0.417. The molecule has 0 spiro atoms. The second-order valence-electron chi connectivity index (χ2n) is 4.29. The lowest BCUT2D eigenvalue weighted by Crippen LogP contribution is -2.10. The summed E-state index contributed by atoms with van der Waals surface area (Å²) in [5.41, 5.74) is 0.757. The highest BCUT2D eigenvalue weighted by molar-refractivity contribution is 5.46. The zero-order valence-electron chi connectivity index (χ0n) is 9.47. The van der Waals surface area contributed by atoms with Crippen LogP contribution in [0.1, 0.15) is 12.3 Å². The molecule has 5 nitrogen and oxygen atoms in total. The third kappa shape index (κ3) is 2.34. The van der Waals surface area contributed by atoms with E-state index in [1.54, 1.807) is 6.20 Å². The Morgan fingerprint density at radius 1 is 1.41 bits per heavy atom. The minimum atomic E-state index is 0.576. The largest absolute Gasteiger partial charge is 0.339 e. The highest BCUT2D eigenvalue weighted by atomic mass is 16.5. The van der Waals surface area contributed by atoms with Crippen molar-refractivity contribution in [2.45, 2.75) is 12.8 Å². The van der Waals surface area contributed by atoms with Gasteiger partial charge in [0.2, 0.25) is 11.7 Å². The normalized spacial score (nSPS) is 19.6. The molecule has 2 aromatic rings. The van der Waals surface area contributed by atoms with Crippen LogP contribution in [0.5, 0.6) is 0 Å². The van der Waals surface area contributed by atoms with Gasteiger partial charge >= 0.3 is 0 Å². The highest BCUT2D eigenvalue weighted by Crippen LogP contribution is 2.17. The van der Waals surface area contributed by atoms with Crippen LogP contribution in [0.3, 0.4) is 0 Å². The second kappa shape index (κ2) is 4.63. The van der Waals surface area contributed by atoms with Gasteiger partial charge in [0, 0.05) is 12.6 Å². The third-order valence-corrected chi connectivity index (χ3v) is 2.99. The summed E-state index contributed by atoms with van der Waals surface area (Å²) in [6, 6.07) is 5.67. The van der Waals surface area contributed by atoms with Crippen molar-refractivity contribution in [3.63, 3.8) is 0 Å². The van der Waals surface area contributed by atoms with Crippen molar-refractivity contribution in [1.82, 2.24) is 20.4 Å². The Morgan fingerprint density at radius 3 is 3.18 bits per heavy atom. The zero-order chi connectivity index (χ0) is 11.5. The summed E-state index contributed by atoms with van der Waals surface area (Å²) in [6.45, 7) is 2.13. The van der Waals surface area contributed by atoms with Crippen molar-refractivity contribution < 1.29 is 4.52 Å². The van der Waals surface area contributed by atoms with Crippen LogP contribution in [0.15, 0.2) is 28.9 Å². The molecule has 0 saturated carbocycles. The Hall–Kier alpha value is -1.75. The first-order valence-electron chi connectivity index (χ1n) is 5.86. The predicted molar refractivity (Wildman–Crippen MR) is 62.2 cm³/mol. The fourth-order valence-corrected chi connectivity index (χ4v) is 2.07. The lowest BCUT2D eigenvalue weighted by Gasteiger charge is -2.01. The van der Waals surface area contributed by atoms with Crippen LogP contribution < -0.4 is 5.32 Å². The van der Waals surface area contributed by atoms with Gasteiger partial charge in [0.15, 0.2) is 0 Å². The molecule has 1 fully saturated rings. The Kier molecular flexibility index (Phi) is 2.83. The Bertz CT molecular complexity index is 476. The van der Waals surface area contributed by atoms with Crippen molar-refractivity contribution in [2.24, 2.45) is 5.92 Å². The smallest absolute Gasteiger partial charge is 0.227 e. The van der Waals surface area contributed by atoms with E-state index in [-0.39, 0.29) is 0 Å². The van der Waals surface area contributed by atoms with Crippen molar-refractivity contribution in [3.05, 3.63) is 30.3 Å².